The van der Waals surface area contributed by atoms with Crippen LogP contribution in [0.5, 0.6) is 0 Å². The second-order valence-electron chi connectivity index (χ2n) is 2.93. The third-order valence-corrected chi connectivity index (χ3v) is 1.74. The molecule has 1 atom stereocenters. The van der Waals surface area contributed by atoms with Crippen molar-refractivity contribution >= 4 is 11.8 Å². The number of carbonyl (C=O) groups excluding carboxylic acids is 2. The molecule has 5 nitrogen and oxygen atoms in total. The topological polar surface area (TPSA) is 84.2 Å². The summed E-state index contributed by atoms with van der Waals surface area (Å²) in [5, 5.41) is 5.48. The van der Waals surface area contributed by atoms with Crippen LogP contribution < -0.4 is 16.4 Å². The molecule has 0 aliphatic carbocycles. The minimum absolute atomic E-state index is 0.0146. The lowest BCUT2D eigenvalue weighted by atomic mass is 10.2. The zero-order chi connectivity index (χ0) is 10.3. The van der Waals surface area contributed by atoms with Crippen molar-refractivity contribution in [1.82, 2.24) is 10.6 Å². The van der Waals surface area contributed by atoms with Crippen molar-refractivity contribution in [3.63, 3.8) is 0 Å². The molecule has 0 aliphatic rings. The van der Waals surface area contributed by atoms with E-state index in [0.29, 0.717) is 19.5 Å². The predicted molar refractivity (Wildman–Crippen MR) is 49.9 cm³/mol. The molecular formula is C8H17N3O2. The molecule has 5 heteroatoms. The fraction of sp³-hybridized carbons (Fsp3) is 0.750. The first-order chi connectivity index (χ1) is 6.07. The Bertz CT molecular complexity index is 182. The average molecular weight is 187 g/mol. The first-order valence-corrected chi connectivity index (χ1v) is 4.28. The van der Waals surface area contributed by atoms with E-state index < -0.39 is 0 Å². The van der Waals surface area contributed by atoms with E-state index in [4.69, 9.17) is 5.73 Å². The average Bonchev–Trinajstić information content (AvgIpc) is 2.11. The van der Waals surface area contributed by atoms with E-state index in [9.17, 15) is 9.59 Å². The zero-order valence-electron chi connectivity index (χ0n) is 8.09. The Morgan fingerprint density at radius 3 is 2.54 bits per heavy atom. The van der Waals surface area contributed by atoms with Gasteiger partial charge in [0.15, 0.2) is 0 Å². The van der Waals surface area contributed by atoms with Crippen LogP contribution in [0, 0.1) is 5.92 Å². The number of hydrogen-bond acceptors (Lipinski definition) is 3. The van der Waals surface area contributed by atoms with Crippen LogP contribution in [0.1, 0.15) is 13.3 Å². The van der Waals surface area contributed by atoms with Crippen LogP contribution in [0.4, 0.5) is 0 Å². The van der Waals surface area contributed by atoms with E-state index in [1.165, 1.54) is 0 Å². The highest BCUT2D eigenvalue weighted by Gasteiger charge is 2.07. The van der Waals surface area contributed by atoms with Gasteiger partial charge in [0, 0.05) is 32.5 Å². The summed E-state index contributed by atoms with van der Waals surface area (Å²) in [6.07, 6.45) is 0.419. The van der Waals surface area contributed by atoms with Gasteiger partial charge in [0.1, 0.15) is 0 Å². The molecule has 0 aromatic carbocycles. The molecule has 4 N–H and O–H groups in total. The van der Waals surface area contributed by atoms with Gasteiger partial charge in [0.05, 0.1) is 0 Å². The summed E-state index contributed by atoms with van der Waals surface area (Å²) >= 11 is 0. The van der Waals surface area contributed by atoms with Gasteiger partial charge in [-0.15, -0.1) is 0 Å². The van der Waals surface area contributed by atoms with E-state index in [1.807, 2.05) is 0 Å². The summed E-state index contributed by atoms with van der Waals surface area (Å²) in [4.78, 5) is 21.3. The molecule has 0 saturated heterocycles. The highest BCUT2D eigenvalue weighted by molar-refractivity contribution is 5.76. The fourth-order valence-electron chi connectivity index (χ4n) is 0.746. The molecule has 0 heterocycles. The van der Waals surface area contributed by atoms with Crippen LogP contribution >= 0.6 is 0 Å². The van der Waals surface area contributed by atoms with E-state index >= 15 is 0 Å². The van der Waals surface area contributed by atoms with Crippen LogP contribution in [0.2, 0.25) is 0 Å². The lowest BCUT2D eigenvalue weighted by Crippen LogP contribution is -2.33. The van der Waals surface area contributed by atoms with Crippen molar-refractivity contribution in [1.29, 1.82) is 0 Å². The summed E-state index contributed by atoms with van der Waals surface area (Å²) in [5.41, 5.74) is 5.05. The molecule has 1 unspecified atom stereocenters. The highest BCUT2D eigenvalue weighted by Crippen LogP contribution is 1.89. The molecule has 13 heavy (non-hydrogen) atoms. The SMILES string of the molecule is CNC(=O)CCNCC(C)C(N)=O. The molecule has 0 bridgehead atoms. The van der Waals surface area contributed by atoms with Crippen LogP contribution in [0.3, 0.4) is 0 Å². The lowest BCUT2D eigenvalue weighted by molar-refractivity contribution is -0.121. The van der Waals surface area contributed by atoms with Gasteiger partial charge in [-0.2, -0.15) is 0 Å². The van der Waals surface area contributed by atoms with Gasteiger partial charge in [-0.1, -0.05) is 6.92 Å². The van der Waals surface area contributed by atoms with Gasteiger partial charge in [-0.3, -0.25) is 9.59 Å². The van der Waals surface area contributed by atoms with Crippen molar-refractivity contribution in [3.05, 3.63) is 0 Å². The van der Waals surface area contributed by atoms with Gasteiger partial charge in [-0.25, -0.2) is 0 Å². The Morgan fingerprint density at radius 1 is 1.46 bits per heavy atom. The van der Waals surface area contributed by atoms with Crippen LogP contribution in [0.15, 0.2) is 0 Å². The van der Waals surface area contributed by atoms with Crippen molar-refractivity contribution in [2.24, 2.45) is 11.7 Å². The van der Waals surface area contributed by atoms with Crippen molar-refractivity contribution < 1.29 is 9.59 Å². The fourth-order valence-corrected chi connectivity index (χ4v) is 0.746. The van der Waals surface area contributed by atoms with E-state index in [1.54, 1.807) is 14.0 Å². The third-order valence-electron chi connectivity index (χ3n) is 1.74. The number of hydrogen-bond donors (Lipinski definition) is 3. The maximum Gasteiger partial charge on any atom is 0.221 e. The molecule has 0 saturated carbocycles. The smallest absolute Gasteiger partial charge is 0.221 e. The van der Waals surface area contributed by atoms with Gasteiger partial charge in [0.2, 0.25) is 11.8 Å². The second-order valence-corrected chi connectivity index (χ2v) is 2.93. The maximum atomic E-state index is 10.7. The molecule has 76 valence electrons. The summed E-state index contributed by atoms with van der Waals surface area (Å²) in [6.45, 7) is 2.83. The largest absolute Gasteiger partial charge is 0.369 e. The molecule has 2 amide bonds. The minimum Gasteiger partial charge on any atom is -0.369 e. The Kier molecular flexibility index (Phi) is 5.88. The van der Waals surface area contributed by atoms with E-state index in [0.717, 1.165) is 0 Å². The van der Waals surface area contributed by atoms with Gasteiger partial charge < -0.3 is 16.4 Å². The lowest BCUT2D eigenvalue weighted by Gasteiger charge is -2.07. The molecule has 0 fully saturated rings. The molecule has 0 aliphatic heterocycles. The predicted octanol–water partition coefficient (Wildman–Crippen LogP) is -1.17. The first kappa shape index (κ1) is 11.9. The summed E-state index contributed by atoms with van der Waals surface area (Å²) in [6, 6.07) is 0. The monoisotopic (exact) mass is 187 g/mol. The van der Waals surface area contributed by atoms with E-state index in [2.05, 4.69) is 10.6 Å². The third kappa shape index (κ3) is 6.10. The molecule has 0 aromatic rings. The van der Waals surface area contributed by atoms with E-state index in [-0.39, 0.29) is 17.7 Å². The standard InChI is InChI=1S/C8H17N3O2/c1-6(8(9)13)5-11-4-3-7(12)10-2/h6,11H,3-5H2,1-2H3,(H2,9,13)(H,10,12). The van der Waals surface area contributed by atoms with Gasteiger partial charge in [-0.05, 0) is 0 Å². The normalized spacial score (nSPS) is 12.2. The number of carbonyl (C=O) groups is 2. The minimum atomic E-state index is -0.326. The van der Waals surface area contributed by atoms with Crippen molar-refractivity contribution in [3.8, 4) is 0 Å². The number of primary amides is 1. The Balaban J connectivity index is 3.35. The number of nitrogens with one attached hydrogen (secondary N) is 2. The zero-order valence-corrected chi connectivity index (χ0v) is 8.09. The van der Waals surface area contributed by atoms with Gasteiger partial charge in [0.25, 0.3) is 0 Å². The quantitative estimate of drug-likeness (QED) is 0.458. The molecule has 0 spiro atoms. The van der Waals surface area contributed by atoms with Crippen LogP contribution in [-0.4, -0.2) is 32.0 Å². The van der Waals surface area contributed by atoms with Crippen molar-refractivity contribution in [2.75, 3.05) is 20.1 Å². The van der Waals surface area contributed by atoms with Crippen molar-refractivity contribution in [2.45, 2.75) is 13.3 Å². The molecule has 0 rings (SSSR count). The van der Waals surface area contributed by atoms with Crippen LogP contribution in [0.25, 0.3) is 0 Å². The number of rotatable bonds is 6. The maximum absolute atomic E-state index is 10.7. The Labute approximate surface area is 78.1 Å². The Hall–Kier alpha value is -1.10. The highest BCUT2D eigenvalue weighted by atomic mass is 16.1. The Morgan fingerprint density at radius 2 is 2.08 bits per heavy atom. The summed E-state index contributed by atoms with van der Waals surface area (Å²) < 4.78 is 0. The first-order valence-electron chi connectivity index (χ1n) is 4.28. The second kappa shape index (κ2) is 6.42. The molecular weight excluding hydrogens is 170 g/mol. The number of nitrogens with two attached hydrogens (primary N) is 1. The van der Waals surface area contributed by atoms with Gasteiger partial charge >= 0.3 is 0 Å². The molecule has 0 aromatic heterocycles. The summed E-state index contributed by atoms with van der Waals surface area (Å²) in [7, 11) is 1.59. The number of amides is 2. The van der Waals surface area contributed by atoms with Crippen LogP contribution in [-0.2, 0) is 9.59 Å². The molecule has 0 radical (unpaired) electrons. The summed E-state index contributed by atoms with van der Waals surface area (Å²) in [5.74, 6) is -0.531.